The topological polar surface area (TPSA) is 179 Å². The number of carbonyl (C=O) groups is 4. The fourth-order valence-electron chi connectivity index (χ4n) is 8.46. The van der Waals surface area contributed by atoms with E-state index in [2.05, 4.69) is 0 Å². The monoisotopic (exact) mass is 668 g/mol. The number of rotatable bonds is 20. The zero-order chi connectivity index (χ0) is 35.2. The van der Waals surface area contributed by atoms with E-state index in [0.717, 1.165) is 126 Å². The Balaban J connectivity index is 2.02. The van der Waals surface area contributed by atoms with Gasteiger partial charge in [0.15, 0.2) is 0 Å². The highest BCUT2D eigenvalue weighted by Gasteiger charge is 2.46. The first kappa shape index (κ1) is 39.8. The average Bonchev–Trinajstić information content (AvgIpc) is 3.13. The number of hydrogen-bond donors (Lipinski definition) is 4. The molecule has 2 aliphatic rings. The molecule has 2 aliphatic carbocycles. The Labute approximate surface area is 289 Å². The summed E-state index contributed by atoms with van der Waals surface area (Å²) in [6.07, 6.45) is 16.4. The van der Waals surface area contributed by atoms with Crippen molar-refractivity contribution in [3.63, 3.8) is 0 Å². The average molecular weight is 669 g/mol. The van der Waals surface area contributed by atoms with Crippen molar-refractivity contribution in [2.45, 2.75) is 129 Å². The van der Waals surface area contributed by atoms with Gasteiger partial charge in [-0.15, -0.1) is 0 Å². The molecule has 1 aromatic carbocycles. The van der Waals surface area contributed by atoms with Crippen molar-refractivity contribution in [2.24, 2.45) is 45.6 Å². The van der Waals surface area contributed by atoms with Crippen molar-refractivity contribution in [1.29, 1.82) is 0 Å². The Morgan fingerprint density at radius 3 is 1.29 bits per heavy atom. The van der Waals surface area contributed by atoms with E-state index in [4.69, 9.17) is 22.9 Å². The Hall–Kier alpha value is -2.66. The summed E-state index contributed by atoms with van der Waals surface area (Å²) in [5, 5.41) is 0. The molecule has 2 saturated carbocycles. The van der Waals surface area contributed by atoms with Gasteiger partial charge in [0.25, 0.3) is 0 Å². The maximum Gasteiger partial charge on any atom is 0.233 e. The van der Waals surface area contributed by atoms with E-state index >= 15 is 0 Å². The Morgan fingerprint density at radius 1 is 0.646 bits per heavy atom. The summed E-state index contributed by atoms with van der Waals surface area (Å²) in [5.74, 6) is 0.921. The number of hydrogen-bond acceptors (Lipinski definition) is 8. The molecule has 0 radical (unpaired) electrons. The van der Waals surface area contributed by atoms with Gasteiger partial charge in [-0.2, -0.15) is 0 Å². The molecule has 2 fully saturated rings. The van der Waals surface area contributed by atoms with Crippen LogP contribution in [0, 0.1) is 22.7 Å². The fraction of sp³-hybridized carbons (Fsp3) is 0.737. The zero-order valence-electron chi connectivity index (χ0n) is 29.9. The van der Waals surface area contributed by atoms with Crippen molar-refractivity contribution in [2.75, 3.05) is 37.0 Å². The van der Waals surface area contributed by atoms with Gasteiger partial charge in [-0.25, -0.2) is 0 Å². The number of nitrogens with two attached hydrogens (primary N) is 4. The third-order valence-corrected chi connectivity index (χ3v) is 11.7. The molecule has 10 heteroatoms. The van der Waals surface area contributed by atoms with Crippen molar-refractivity contribution >= 4 is 35.8 Å². The lowest BCUT2D eigenvalue weighted by molar-refractivity contribution is -0.132. The van der Waals surface area contributed by atoms with Gasteiger partial charge in [0.1, 0.15) is 12.6 Å². The minimum atomic E-state index is -0.546. The third kappa shape index (κ3) is 9.52. The van der Waals surface area contributed by atoms with E-state index in [-0.39, 0.29) is 24.9 Å². The highest BCUT2D eigenvalue weighted by atomic mass is 16.2. The first-order valence-corrected chi connectivity index (χ1v) is 18.6. The summed E-state index contributed by atoms with van der Waals surface area (Å²) in [7, 11) is 3.66. The van der Waals surface area contributed by atoms with E-state index < -0.39 is 10.8 Å². The highest BCUT2D eigenvalue weighted by Crippen LogP contribution is 2.49. The Bertz CT molecular complexity index is 1100. The third-order valence-electron chi connectivity index (χ3n) is 11.7. The summed E-state index contributed by atoms with van der Waals surface area (Å²) in [4.78, 5) is 55.0. The molecule has 1 aromatic rings. The molecule has 3 rings (SSSR count). The number of benzene rings is 1. The van der Waals surface area contributed by atoms with E-state index in [0.29, 0.717) is 49.1 Å². The van der Waals surface area contributed by atoms with E-state index in [1.54, 1.807) is 9.80 Å². The van der Waals surface area contributed by atoms with Gasteiger partial charge < -0.3 is 42.3 Å². The summed E-state index contributed by atoms with van der Waals surface area (Å²) in [5.41, 5.74) is 26.6. The largest absolute Gasteiger partial charge is 0.330 e. The first-order chi connectivity index (χ1) is 23.2. The summed E-state index contributed by atoms with van der Waals surface area (Å²) in [6.45, 7) is 1.66. The molecule has 0 aliphatic heterocycles. The molecule has 2 amide bonds. The van der Waals surface area contributed by atoms with Crippen LogP contribution in [0.3, 0.4) is 0 Å². The number of aldehydes is 2. The van der Waals surface area contributed by atoms with Crippen LogP contribution in [-0.2, 0) is 32.3 Å². The molecule has 8 N–H and O–H groups in total. The second kappa shape index (κ2) is 19.5. The van der Waals surface area contributed by atoms with Crippen LogP contribution in [0.1, 0.15) is 127 Å². The smallest absolute Gasteiger partial charge is 0.233 e. The zero-order valence-corrected chi connectivity index (χ0v) is 29.9. The lowest BCUT2D eigenvalue weighted by Crippen LogP contribution is -2.48. The van der Waals surface area contributed by atoms with E-state index in [1.165, 1.54) is 0 Å². The standard InChI is InChI=1S/C38H64N6O4/c1-43(35(47)37(17-7-3-5-9-23-45)19-13-29(25-39)14-20-37)33-31(27-41)11-12-32(28-42)34(33)44(2)36(48)38(18-8-4-6-10-24-46)21-15-30(26-40)16-22-38/h11-12,23-24,29-30H,3-10,13-22,25-28,39-42H2,1-2H3. The minimum Gasteiger partial charge on any atom is -0.330 e. The molecule has 0 spiro atoms. The maximum atomic E-state index is 14.8. The van der Waals surface area contributed by atoms with Gasteiger partial charge in [-0.1, -0.05) is 37.8 Å². The van der Waals surface area contributed by atoms with Gasteiger partial charge in [-0.05, 0) is 113 Å². The SMILES string of the molecule is CN(C(=O)C1(CCCCCC=O)CCC(CN)CC1)c1c(CN)ccc(CN)c1N(C)C(=O)C1(CCCCCC=O)CCC(CN)CC1. The lowest BCUT2D eigenvalue weighted by Gasteiger charge is -2.44. The van der Waals surface area contributed by atoms with Crippen molar-refractivity contribution in [3.8, 4) is 0 Å². The second-order valence-electron chi connectivity index (χ2n) is 14.7. The Kier molecular flexibility index (Phi) is 16.2. The quantitative estimate of drug-likeness (QED) is 0.109. The summed E-state index contributed by atoms with van der Waals surface area (Å²) >= 11 is 0. The maximum absolute atomic E-state index is 14.8. The molecule has 0 bridgehead atoms. The van der Waals surface area contributed by atoms with E-state index in [9.17, 15) is 19.2 Å². The summed E-state index contributed by atoms with van der Waals surface area (Å²) in [6, 6.07) is 3.88. The van der Waals surface area contributed by atoms with Crippen LogP contribution in [0.2, 0.25) is 0 Å². The van der Waals surface area contributed by atoms with Gasteiger partial charge >= 0.3 is 0 Å². The first-order valence-electron chi connectivity index (χ1n) is 18.6. The van der Waals surface area contributed by atoms with Crippen LogP contribution in [0.15, 0.2) is 12.1 Å². The molecule has 10 nitrogen and oxygen atoms in total. The van der Waals surface area contributed by atoms with Crippen molar-refractivity contribution < 1.29 is 19.2 Å². The second-order valence-corrected chi connectivity index (χ2v) is 14.7. The molecular formula is C38H64N6O4. The van der Waals surface area contributed by atoms with Gasteiger partial charge in [-0.3, -0.25) is 9.59 Å². The van der Waals surface area contributed by atoms with Gasteiger partial charge in [0.05, 0.1) is 11.4 Å². The minimum absolute atomic E-state index is 0.0488. The fourth-order valence-corrected chi connectivity index (χ4v) is 8.46. The molecular weight excluding hydrogens is 604 g/mol. The van der Waals surface area contributed by atoms with Crippen molar-refractivity contribution in [3.05, 3.63) is 23.3 Å². The van der Waals surface area contributed by atoms with Crippen LogP contribution in [0.25, 0.3) is 0 Å². The van der Waals surface area contributed by atoms with Crippen LogP contribution < -0.4 is 32.7 Å². The lowest BCUT2D eigenvalue weighted by atomic mass is 9.66. The number of anilines is 2. The number of amides is 2. The molecule has 270 valence electrons. The van der Waals surface area contributed by atoms with Gasteiger partial charge in [0, 0.05) is 50.9 Å². The van der Waals surface area contributed by atoms with E-state index in [1.807, 2.05) is 26.2 Å². The van der Waals surface area contributed by atoms with Crippen molar-refractivity contribution in [1.82, 2.24) is 0 Å². The molecule has 48 heavy (non-hydrogen) atoms. The van der Waals surface area contributed by atoms with Crippen LogP contribution in [0.4, 0.5) is 11.4 Å². The molecule has 0 heterocycles. The van der Waals surface area contributed by atoms with Crippen LogP contribution in [0.5, 0.6) is 0 Å². The number of carbonyl (C=O) groups excluding carboxylic acids is 4. The predicted molar refractivity (Wildman–Crippen MR) is 194 cm³/mol. The number of nitrogens with zero attached hydrogens (tertiary/aromatic N) is 2. The van der Waals surface area contributed by atoms with Gasteiger partial charge in [0.2, 0.25) is 11.8 Å². The number of unbranched alkanes of at least 4 members (excludes halogenated alkanes) is 6. The van der Waals surface area contributed by atoms with Crippen LogP contribution >= 0.6 is 0 Å². The summed E-state index contributed by atoms with van der Waals surface area (Å²) < 4.78 is 0. The predicted octanol–water partition coefficient (Wildman–Crippen LogP) is 5.10. The molecule has 0 saturated heterocycles. The van der Waals surface area contributed by atoms with Crippen LogP contribution in [-0.4, -0.2) is 51.6 Å². The Morgan fingerprint density at radius 2 is 1.00 bits per heavy atom. The molecule has 0 aromatic heterocycles. The molecule has 0 unspecified atom stereocenters. The normalized spacial score (nSPS) is 24.2. The molecule has 0 atom stereocenters. The highest BCUT2D eigenvalue weighted by molar-refractivity contribution is 6.06.